The molecule has 0 aliphatic heterocycles. The molecule has 0 aliphatic carbocycles. The Kier molecular flexibility index (Phi) is 4.98. The molecule has 1 rings (SSSR count). The summed E-state index contributed by atoms with van der Waals surface area (Å²) in [5, 5.41) is 9.44. The number of hydrogen-bond donors (Lipinski definition) is 1. The van der Waals surface area contributed by atoms with Crippen molar-refractivity contribution in [3.05, 3.63) is 24.3 Å². The molecule has 106 valence electrons. The molecule has 19 heavy (non-hydrogen) atoms. The van der Waals surface area contributed by atoms with Crippen LogP contribution in [0.3, 0.4) is 0 Å². The first-order valence-corrected chi connectivity index (χ1v) is 6.74. The highest BCUT2D eigenvalue weighted by Gasteiger charge is 2.20. The first-order valence-electron chi connectivity index (χ1n) is 6.74. The predicted molar refractivity (Wildman–Crippen MR) is 79.4 cm³/mol. The maximum atomic E-state index is 12.2. The summed E-state index contributed by atoms with van der Waals surface area (Å²) in [6.45, 7) is 8.67. The monoisotopic (exact) mass is 263 g/mol. The largest absolute Gasteiger partial charge is 0.508 e. The molecule has 1 atom stereocenters. The number of rotatable bonds is 4. The second-order valence-corrected chi connectivity index (χ2v) is 6.55. The summed E-state index contributed by atoms with van der Waals surface area (Å²) >= 11 is 0. The van der Waals surface area contributed by atoms with Crippen LogP contribution >= 0.6 is 0 Å². The topological polar surface area (TPSA) is 40.5 Å². The number of amides is 1. The van der Waals surface area contributed by atoms with Crippen molar-refractivity contribution in [3.63, 3.8) is 0 Å². The molecule has 0 saturated heterocycles. The van der Waals surface area contributed by atoms with Gasteiger partial charge in [0, 0.05) is 25.2 Å². The molecule has 1 amide bonds. The van der Waals surface area contributed by atoms with Gasteiger partial charge in [0.05, 0.1) is 0 Å². The number of carbonyl (C=O) groups excluding carboxylic acids is 1. The molecule has 0 bridgehead atoms. The van der Waals surface area contributed by atoms with E-state index in [-0.39, 0.29) is 17.1 Å². The lowest BCUT2D eigenvalue weighted by molar-refractivity contribution is -0.119. The van der Waals surface area contributed by atoms with Gasteiger partial charge < -0.3 is 10.0 Å². The van der Waals surface area contributed by atoms with Crippen molar-refractivity contribution in [2.45, 2.75) is 40.5 Å². The smallest absolute Gasteiger partial charge is 0.226 e. The lowest BCUT2D eigenvalue weighted by atomic mass is 9.84. The third-order valence-electron chi connectivity index (χ3n) is 3.08. The molecule has 0 saturated carbocycles. The molecule has 1 aromatic rings. The van der Waals surface area contributed by atoms with Crippen LogP contribution < -0.4 is 4.90 Å². The standard InChI is InChI=1S/C16H25NO2/c1-12(11-16(2,3)4)9-15(19)17(5)13-7-6-8-14(18)10-13/h6-8,10,12,18H,9,11H2,1-5H3. The average Bonchev–Trinajstić information content (AvgIpc) is 2.25. The van der Waals surface area contributed by atoms with Crippen molar-refractivity contribution in [1.29, 1.82) is 0 Å². The zero-order chi connectivity index (χ0) is 14.6. The van der Waals surface area contributed by atoms with E-state index in [2.05, 4.69) is 27.7 Å². The molecule has 3 nitrogen and oxygen atoms in total. The molecular formula is C16H25NO2. The molecular weight excluding hydrogens is 238 g/mol. The van der Waals surface area contributed by atoms with E-state index in [0.717, 1.165) is 12.1 Å². The Morgan fingerprint density at radius 1 is 1.37 bits per heavy atom. The van der Waals surface area contributed by atoms with Crippen LogP contribution in [0.1, 0.15) is 40.5 Å². The van der Waals surface area contributed by atoms with E-state index in [1.165, 1.54) is 0 Å². The van der Waals surface area contributed by atoms with Gasteiger partial charge in [-0.2, -0.15) is 0 Å². The second kappa shape index (κ2) is 6.09. The Morgan fingerprint density at radius 2 is 2.00 bits per heavy atom. The van der Waals surface area contributed by atoms with Gasteiger partial charge in [-0.05, 0) is 29.9 Å². The molecule has 0 heterocycles. The zero-order valence-electron chi connectivity index (χ0n) is 12.6. The Labute approximate surface area is 116 Å². The van der Waals surface area contributed by atoms with Gasteiger partial charge in [0.2, 0.25) is 5.91 Å². The normalized spacial score (nSPS) is 13.1. The van der Waals surface area contributed by atoms with E-state index in [0.29, 0.717) is 12.3 Å². The van der Waals surface area contributed by atoms with Crippen molar-refractivity contribution in [3.8, 4) is 5.75 Å². The highest BCUT2D eigenvalue weighted by Crippen LogP contribution is 2.27. The van der Waals surface area contributed by atoms with Crippen molar-refractivity contribution >= 4 is 11.6 Å². The lowest BCUT2D eigenvalue weighted by Gasteiger charge is -2.25. The minimum Gasteiger partial charge on any atom is -0.508 e. The number of hydrogen-bond acceptors (Lipinski definition) is 2. The molecule has 1 aromatic carbocycles. The minimum absolute atomic E-state index is 0.0855. The first kappa shape index (κ1) is 15.5. The second-order valence-electron chi connectivity index (χ2n) is 6.55. The van der Waals surface area contributed by atoms with Gasteiger partial charge in [0.1, 0.15) is 5.75 Å². The van der Waals surface area contributed by atoms with Crippen LogP contribution in [0.25, 0.3) is 0 Å². The maximum absolute atomic E-state index is 12.2. The maximum Gasteiger partial charge on any atom is 0.226 e. The summed E-state index contributed by atoms with van der Waals surface area (Å²) in [6, 6.07) is 6.77. The van der Waals surface area contributed by atoms with Gasteiger partial charge in [0.25, 0.3) is 0 Å². The molecule has 1 N–H and O–H groups in total. The van der Waals surface area contributed by atoms with Gasteiger partial charge in [-0.1, -0.05) is 33.8 Å². The Morgan fingerprint density at radius 3 is 2.53 bits per heavy atom. The Hall–Kier alpha value is -1.51. The molecule has 3 heteroatoms. The highest BCUT2D eigenvalue weighted by atomic mass is 16.3. The molecule has 1 unspecified atom stereocenters. The number of anilines is 1. The van der Waals surface area contributed by atoms with Crippen LogP contribution in [0.2, 0.25) is 0 Å². The number of carbonyl (C=O) groups is 1. The van der Waals surface area contributed by atoms with Crippen molar-refractivity contribution < 1.29 is 9.90 Å². The molecule has 0 fully saturated rings. The number of nitrogens with zero attached hydrogens (tertiary/aromatic N) is 1. The van der Waals surface area contributed by atoms with Gasteiger partial charge in [0.15, 0.2) is 0 Å². The van der Waals surface area contributed by atoms with Gasteiger partial charge in [-0.15, -0.1) is 0 Å². The van der Waals surface area contributed by atoms with E-state index >= 15 is 0 Å². The number of benzene rings is 1. The van der Waals surface area contributed by atoms with Crippen LogP contribution in [0, 0.1) is 11.3 Å². The third-order valence-corrected chi connectivity index (χ3v) is 3.08. The molecule has 0 spiro atoms. The van der Waals surface area contributed by atoms with Crippen LogP contribution in [0.5, 0.6) is 5.75 Å². The number of phenols is 1. The summed E-state index contributed by atoms with van der Waals surface area (Å²) in [6.07, 6.45) is 1.55. The van der Waals surface area contributed by atoms with E-state index in [9.17, 15) is 9.90 Å². The average molecular weight is 263 g/mol. The predicted octanol–water partition coefficient (Wildman–Crippen LogP) is 3.82. The van der Waals surface area contributed by atoms with Crippen LogP contribution in [0.15, 0.2) is 24.3 Å². The van der Waals surface area contributed by atoms with E-state index in [4.69, 9.17) is 0 Å². The zero-order valence-corrected chi connectivity index (χ0v) is 12.6. The molecule has 0 radical (unpaired) electrons. The van der Waals surface area contributed by atoms with Gasteiger partial charge in [-0.25, -0.2) is 0 Å². The first-order chi connectivity index (χ1) is 8.69. The third kappa shape index (κ3) is 5.33. The Balaban J connectivity index is 2.63. The quantitative estimate of drug-likeness (QED) is 0.897. The fourth-order valence-corrected chi connectivity index (χ4v) is 2.40. The summed E-state index contributed by atoms with van der Waals surface area (Å²) < 4.78 is 0. The summed E-state index contributed by atoms with van der Waals surface area (Å²) in [4.78, 5) is 13.8. The van der Waals surface area contributed by atoms with Crippen molar-refractivity contribution in [1.82, 2.24) is 0 Å². The fraction of sp³-hybridized carbons (Fsp3) is 0.562. The lowest BCUT2D eigenvalue weighted by Crippen LogP contribution is -2.28. The molecule has 0 aliphatic rings. The van der Waals surface area contributed by atoms with Crippen LogP contribution in [-0.2, 0) is 4.79 Å². The minimum atomic E-state index is 0.0855. The van der Waals surface area contributed by atoms with Crippen molar-refractivity contribution in [2.75, 3.05) is 11.9 Å². The van der Waals surface area contributed by atoms with Gasteiger partial charge in [-0.3, -0.25) is 4.79 Å². The SMILES string of the molecule is CC(CC(=O)N(C)c1cccc(O)c1)CC(C)(C)C. The van der Waals surface area contributed by atoms with Crippen LogP contribution in [-0.4, -0.2) is 18.1 Å². The van der Waals surface area contributed by atoms with E-state index in [1.807, 2.05) is 6.07 Å². The van der Waals surface area contributed by atoms with E-state index < -0.39 is 0 Å². The van der Waals surface area contributed by atoms with Crippen LogP contribution in [0.4, 0.5) is 5.69 Å². The Bertz CT molecular complexity index is 435. The van der Waals surface area contributed by atoms with E-state index in [1.54, 1.807) is 30.1 Å². The summed E-state index contributed by atoms with van der Waals surface area (Å²) in [7, 11) is 1.75. The van der Waals surface area contributed by atoms with Crippen molar-refractivity contribution in [2.24, 2.45) is 11.3 Å². The summed E-state index contributed by atoms with van der Waals surface area (Å²) in [5.74, 6) is 0.620. The van der Waals surface area contributed by atoms with Gasteiger partial charge >= 0.3 is 0 Å². The highest BCUT2D eigenvalue weighted by molar-refractivity contribution is 5.93. The number of aromatic hydroxyl groups is 1. The fourth-order valence-electron chi connectivity index (χ4n) is 2.40. The summed E-state index contributed by atoms with van der Waals surface area (Å²) in [5.41, 5.74) is 0.969. The molecule has 0 aromatic heterocycles. The number of phenolic OH excluding ortho intramolecular Hbond substituents is 1.